The number of hydrogen-bond acceptors (Lipinski definition) is 6. The van der Waals surface area contributed by atoms with Crippen LogP contribution in [-0.4, -0.2) is 40.0 Å². The van der Waals surface area contributed by atoms with E-state index in [1.807, 2.05) is 90.0 Å². The second-order valence-corrected chi connectivity index (χ2v) is 10.0. The van der Waals surface area contributed by atoms with Gasteiger partial charge < -0.3 is 18.9 Å². The number of carbonyl (C=O) groups excluding carboxylic acids is 1. The minimum absolute atomic E-state index is 0.0583. The van der Waals surface area contributed by atoms with Crippen LogP contribution in [0.1, 0.15) is 16.8 Å². The molecule has 8 nitrogen and oxygen atoms in total. The highest BCUT2D eigenvalue weighted by Gasteiger charge is 2.27. The van der Waals surface area contributed by atoms with Gasteiger partial charge in [-0.1, -0.05) is 36.4 Å². The van der Waals surface area contributed by atoms with Gasteiger partial charge in [0, 0.05) is 37.8 Å². The number of nitriles is 1. The maximum atomic E-state index is 13.3. The van der Waals surface area contributed by atoms with Crippen LogP contribution in [0.15, 0.2) is 91.4 Å². The van der Waals surface area contributed by atoms with E-state index < -0.39 is 0 Å². The molecule has 0 aliphatic carbocycles. The summed E-state index contributed by atoms with van der Waals surface area (Å²) < 4.78 is 14.7. The third-order valence-electron chi connectivity index (χ3n) is 7.39. The highest BCUT2D eigenvalue weighted by molar-refractivity contribution is 6.05. The first-order valence-electron chi connectivity index (χ1n) is 13.2. The van der Waals surface area contributed by atoms with Crippen LogP contribution >= 0.6 is 0 Å². The van der Waals surface area contributed by atoms with Crippen molar-refractivity contribution >= 4 is 22.4 Å². The highest BCUT2D eigenvalue weighted by Crippen LogP contribution is 2.38. The highest BCUT2D eigenvalue weighted by atomic mass is 16.5. The van der Waals surface area contributed by atoms with Gasteiger partial charge in [-0.3, -0.25) is 9.69 Å². The number of hydrogen-bond donors (Lipinski definition) is 0. The van der Waals surface area contributed by atoms with E-state index in [2.05, 4.69) is 20.5 Å². The summed E-state index contributed by atoms with van der Waals surface area (Å²) >= 11 is 0. The number of ether oxygens (including phenoxy) is 2. The molecule has 4 heterocycles. The van der Waals surface area contributed by atoms with Crippen LogP contribution < -0.4 is 14.4 Å². The molecule has 40 heavy (non-hydrogen) atoms. The Bertz CT molecular complexity index is 1790. The quantitative estimate of drug-likeness (QED) is 0.293. The lowest BCUT2D eigenvalue weighted by Gasteiger charge is -2.35. The molecule has 8 rings (SSSR count). The summed E-state index contributed by atoms with van der Waals surface area (Å²) in [5.74, 6) is 2.08. The summed E-state index contributed by atoms with van der Waals surface area (Å²) in [6.07, 6.45) is 3.63. The molecule has 5 aromatic rings. The average molecular weight is 528 g/mol. The molecular weight excluding hydrogens is 502 g/mol. The monoisotopic (exact) mass is 527 g/mol. The van der Waals surface area contributed by atoms with Gasteiger partial charge in [-0.2, -0.15) is 5.26 Å². The maximum absolute atomic E-state index is 13.3. The SMILES string of the molecule is N#Cc1c(Oc2ccccc2)cc2cc1Oc1ccc3cccc(c3c1)N1CCN(CC1=O)Cc1cncn1C2. The fourth-order valence-corrected chi connectivity index (χ4v) is 5.44. The Balaban J connectivity index is 1.40. The van der Waals surface area contributed by atoms with Gasteiger partial charge >= 0.3 is 0 Å². The zero-order chi connectivity index (χ0) is 27.1. The molecule has 8 heteroatoms. The minimum Gasteiger partial charge on any atom is -0.456 e. The Morgan fingerprint density at radius 1 is 0.925 bits per heavy atom. The van der Waals surface area contributed by atoms with Crippen molar-refractivity contribution in [2.75, 3.05) is 24.5 Å². The van der Waals surface area contributed by atoms with Crippen molar-refractivity contribution in [2.24, 2.45) is 0 Å². The number of benzene rings is 4. The average Bonchev–Trinajstić information content (AvgIpc) is 3.39. The molecule has 6 bridgehead atoms. The van der Waals surface area contributed by atoms with E-state index in [9.17, 15) is 10.1 Å². The van der Waals surface area contributed by atoms with Crippen molar-refractivity contribution in [3.05, 3.63) is 108 Å². The van der Waals surface area contributed by atoms with Crippen LogP contribution in [0, 0.1) is 11.3 Å². The number of nitrogens with zero attached hydrogens (tertiary/aromatic N) is 5. The Hall–Kier alpha value is -5.13. The third kappa shape index (κ3) is 4.42. The van der Waals surface area contributed by atoms with Gasteiger partial charge in [0.05, 0.1) is 24.3 Å². The smallest absolute Gasteiger partial charge is 0.241 e. The number of amides is 1. The number of carbonyl (C=O) groups is 1. The molecule has 196 valence electrons. The van der Waals surface area contributed by atoms with E-state index in [0.717, 1.165) is 34.3 Å². The summed E-state index contributed by atoms with van der Waals surface area (Å²) in [4.78, 5) is 21.8. The van der Waals surface area contributed by atoms with E-state index in [-0.39, 0.29) is 5.91 Å². The lowest BCUT2D eigenvalue weighted by molar-refractivity contribution is -0.121. The van der Waals surface area contributed by atoms with E-state index in [4.69, 9.17) is 9.47 Å². The molecule has 3 aliphatic heterocycles. The molecule has 1 fully saturated rings. The van der Waals surface area contributed by atoms with Gasteiger partial charge in [-0.25, -0.2) is 4.98 Å². The number of anilines is 1. The van der Waals surface area contributed by atoms with Crippen LogP contribution in [0.3, 0.4) is 0 Å². The molecule has 4 aromatic carbocycles. The van der Waals surface area contributed by atoms with Crippen molar-refractivity contribution in [1.29, 1.82) is 5.26 Å². The molecule has 0 N–H and O–H groups in total. The minimum atomic E-state index is 0.0583. The summed E-state index contributed by atoms with van der Waals surface area (Å²) in [5, 5.41) is 12.1. The summed E-state index contributed by atoms with van der Waals surface area (Å²) in [7, 11) is 0. The molecule has 1 saturated heterocycles. The second-order valence-electron chi connectivity index (χ2n) is 10.0. The number of fused-ring (bicyclic) bond motifs is 2. The van der Waals surface area contributed by atoms with Gasteiger partial charge in [0.25, 0.3) is 0 Å². The van der Waals surface area contributed by atoms with Gasteiger partial charge in [0.1, 0.15) is 34.6 Å². The van der Waals surface area contributed by atoms with Gasteiger partial charge in [0.15, 0.2) is 0 Å². The molecule has 1 amide bonds. The maximum Gasteiger partial charge on any atom is 0.241 e. The molecular formula is C32H25N5O3. The van der Waals surface area contributed by atoms with Gasteiger partial charge in [-0.15, -0.1) is 0 Å². The van der Waals surface area contributed by atoms with E-state index in [0.29, 0.717) is 54.7 Å². The summed E-state index contributed by atoms with van der Waals surface area (Å²) in [6, 6.07) is 27.2. The normalized spacial score (nSPS) is 16.4. The topological polar surface area (TPSA) is 83.6 Å². The van der Waals surface area contributed by atoms with Crippen molar-refractivity contribution < 1.29 is 14.3 Å². The van der Waals surface area contributed by atoms with Crippen LogP contribution in [-0.2, 0) is 17.9 Å². The molecule has 0 saturated carbocycles. The molecule has 1 atom stereocenters. The lowest BCUT2D eigenvalue weighted by Crippen LogP contribution is -2.50. The number of piperazine rings is 1. The standard InChI is InChI=1S/C32H25N5O3/c33-16-28-30(39-25-6-2-1-3-7-25)13-22-14-31(28)40-26-10-9-23-5-4-8-29(27(23)15-26)37-12-11-35(20-32(37)38)19-24-17-34-21-36(24)18-22/h1-10,13-15,17,21H,11-12,18-20H2. The van der Waals surface area contributed by atoms with E-state index in [1.165, 1.54) is 0 Å². The Morgan fingerprint density at radius 3 is 2.67 bits per heavy atom. The first kappa shape index (κ1) is 23.9. The Kier molecular flexibility index (Phi) is 5.91. The fourth-order valence-electron chi connectivity index (χ4n) is 5.44. The van der Waals surface area contributed by atoms with Gasteiger partial charge in [0.2, 0.25) is 5.91 Å². The predicted octanol–water partition coefficient (Wildman–Crippen LogP) is 5.70. The van der Waals surface area contributed by atoms with Crippen LogP contribution in [0.4, 0.5) is 5.69 Å². The van der Waals surface area contributed by atoms with Crippen molar-refractivity contribution in [3.8, 4) is 29.1 Å². The molecule has 0 spiro atoms. The lowest BCUT2D eigenvalue weighted by atomic mass is 10.1. The van der Waals surface area contributed by atoms with Crippen LogP contribution in [0.2, 0.25) is 0 Å². The predicted molar refractivity (Wildman–Crippen MR) is 151 cm³/mol. The third-order valence-corrected chi connectivity index (χ3v) is 7.39. The fraction of sp³-hybridized carbons (Fsp3) is 0.156. The molecule has 3 aliphatic rings. The molecule has 1 unspecified atom stereocenters. The Morgan fingerprint density at radius 2 is 1.82 bits per heavy atom. The number of para-hydroxylation sites is 1. The largest absolute Gasteiger partial charge is 0.456 e. The zero-order valence-corrected chi connectivity index (χ0v) is 21.7. The van der Waals surface area contributed by atoms with Crippen molar-refractivity contribution in [3.63, 3.8) is 0 Å². The summed E-state index contributed by atoms with van der Waals surface area (Å²) in [6.45, 7) is 2.77. The molecule has 1 aromatic heterocycles. The van der Waals surface area contributed by atoms with Crippen LogP contribution in [0.25, 0.3) is 10.8 Å². The van der Waals surface area contributed by atoms with Crippen molar-refractivity contribution in [1.82, 2.24) is 14.5 Å². The molecule has 0 radical (unpaired) electrons. The van der Waals surface area contributed by atoms with Crippen molar-refractivity contribution in [2.45, 2.75) is 13.1 Å². The van der Waals surface area contributed by atoms with Gasteiger partial charge in [-0.05, 0) is 53.4 Å². The van der Waals surface area contributed by atoms with E-state index >= 15 is 0 Å². The first-order chi connectivity index (χ1) is 19.6. The second kappa shape index (κ2) is 9.88. The first-order valence-corrected chi connectivity index (χ1v) is 13.2. The van der Waals surface area contributed by atoms with Crippen LogP contribution in [0.5, 0.6) is 23.0 Å². The Labute approximate surface area is 231 Å². The zero-order valence-electron chi connectivity index (χ0n) is 21.7. The number of rotatable bonds is 2. The summed E-state index contributed by atoms with van der Waals surface area (Å²) in [5.41, 5.74) is 3.05. The number of aromatic nitrogens is 2. The number of imidazole rings is 1. The van der Waals surface area contributed by atoms with E-state index in [1.54, 1.807) is 6.33 Å².